The molecule has 0 bridgehead atoms. The van der Waals surface area contributed by atoms with E-state index in [1.807, 2.05) is 32.0 Å². The lowest BCUT2D eigenvalue weighted by molar-refractivity contribution is -0.536. The van der Waals surface area contributed by atoms with Crippen LogP contribution < -0.4 is 0 Å². The molecule has 0 spiro atoms. The van der Waals surface area contributed by atoms with Crippen LogP contribution in [0.2, 0.25) is 5.02 Å². The van der Waals surface area contributed by atoms with Crippen molar-refractivity contribution in [1.29, 1.82) is 0 Å². The van der Waals surface area contributed by atoms with Gasteiger partial charge in [-0.15, -0.1) is 0 Å². The normalized spacial score (nSPS) is 19.0. The lowest BCUT2D eigenvalue weighted by Crippen LogP contribution is -2.32. The summed E-state index contributed by atoms with van der Waals surface area (Å²) in [6.45, 7) is 3.92. The molecule has 2 rings (SSSR count). The third-order valence-corrected chi connectivity index (χ3v) is 3.20. The van der Waals surface area contributed by atoms with E-state index in [0.717, 1.165) is 23.1 Å². The molecule has 80 valence electrons. The summed E-state index contributed by atoms with van der Waals surface area (Å²) in [5.41, 5.74) is 1.82. The van der Waals surface area contributed by atoms with Crippen molar-refractivity contribution in [3.05, 3.63) is 39.6 Å². The van der Waals surface area contributed by atoms with Crippen LogP contribution in [0, 0.1) is 5.21 Å². The summed E-state index contributed by atoms with van der Waals surface area (Å²) in [6.07, 6.45) is 3.44. The quantitative estimate of drug-likeness (QED) is 0.491. The molecule has 0 aromatic heterocycles. The van der Waals surface area contributed by atoms with Crippen molar-refractivity contribution in [3.8, 4) is 0 Å². The van der Waals surface area contributed by atoms with Gasteiger partial charge in [-0.05, 0) is 24.1 Å². The molecule has 0 unspecified atom stereocenters. The Balaban J connectivity index is 2.51. The molecule has 1 aliphatic rings. The average molecular weight is 224 g/mol. The van der Waals surface area contributed by atoms with Gasteiger partial charge in [-0.2, -0.15) is 0 Å². The van der Waals surface area contributed by atoms with Crippen molar-refractivity contribution in [2.75, 3.05) is 0 Å². The maximum absolute atomic E-state index is 11.8. The van der Waals surface area contributed by atoms with Gasteiger partial charge in [-0.3, -0.25) is 0 Å². The highest BCUT2D eigenvalue weighted by atomic mass is 35.5. The van der Waals surface area contributed by atoms with Crippen LogP contribution in [0.25, 0.3) is 0 Å². The van der Waals surface area contributed by atoms with Gasteiger partial charge >= 0.3 is 0 Å². The van der Waals surface area contributed by atoms with E-state index in [9.17, 15) is 5.21 Å². The van der Waals surface area contributed by atoms with Crippen molar-refractivity contribution in [3.63, 3.8) is 0 Å². The number of hydrogen-bond acceptors (Lipinski definition) is 1. The van der Waals surface area contributed by atoms with Crippen molar-refractivity contribution in [1.82, 2.24) is 0 Å². The summed E-state index contributed by atoms with van der Waals surface area (Å²) < 4.78 is 1.04. The Kier molecular flexibility index (Phi) is 2.47. The zero-order chi connectivity index (χ0) is 11.1. The summed E-state index contributed by atoms with van der Waals surface area (Å²) in [6, 6.07) is 5.73. The molecule has 1 aliphatic heterocycles. The Morgan fingerprint density at radius 1 is 1.40 bits per heavy atom. The molecule has 0 saturated heterocycles. The number of nitrogens with zero attached hydrogens (tertiary/aromatic N) is 1. The molecule has 0 saturated carbocycles. The minimum atomic E-state index is -0.328. The van der Waals surface area contributed by atoms with E-state index in [2.05, 4.69) is 0 Å². The molecule has 1 aromatic rings. The van der Waals surface area contributed by atoms with Gasteiger partial charge in [-0.1, -0.05) is 17.7 Å². The average Bonchev–Trinajstić information content (AvgIpc) is 2.25. The first-order chi connectivity index (χ1) is 6.99. The maximum atomic E-state index is 11.8. The summed E-state index contributed by atoms with van der Waals surface area (Å²) in [4.78, 5) is 0. The minimum Gasteiger partial charge on any atom is -0.623 e. The van der Waals surface area contributed by atoms with Gasteiger partial charge in [0.1, 0.15) is 0 Å². The van der Waals surface area contributed by atoms with Crippen LogP contribution in [-0.2, 0) is 6.42 Å². The van der Waals surface area contributed by atoms with Crippen molar-refractivity contribution in [2.45, 2.75) is 32.2 Å². The third kappa shape index (κ3) is 2.00. The van der Waals surface area contributed by atoms with Crippen LogP contribution in [0.15, 0.2) is 18.2 Å². The molecular weight excluding hydrogens is 210 g/mol. The number of benzene rings is 1. The summed E-state index contributed by atoms with van der Waals surface area (Å²) in [7, 11) is 0. The van der Waals surface area contributed by atoms with Crippen LogP contribution in [0.4, 0.5) is 0 Å². The molecule has 0 radical (unpaired) electrons. The topological polar surface area (TPSA) is 26.1 Å². The van der Waals surface area contributed by atoms with Gasteiger partial charge in [0, 0.05) is 30.9 Å². The van der Waals surface area contributed by atoms with E-state index < -0.39 is 0 Å². The first-order valence-electron chi connectivity index (χ1n) is 5.09. The van der Waals surface area contributed by atoms with Gasteiger partial charge in [0.2, 0.25) is 0 Å². The minimum absolute atomic E-state index is 0.328. The predicted octanol–water partition coefficient (Wildman–Crippen LogP) is 2.99. The summed E-state index contributed by atoms with van der Waals surface area (Å²) >= 11 is 5.91. The second kappa shape index (κ2) is 3.53. The van der Waals surface area contributed by atoms with Gasteiger partial charge in [0.05, 0.1) is 0 Å². The first kappa shape index (κ1) is 10.5. The zero-order valence-corrected chi connectivity index (χ0v) is 9.71. The Hall–Kier alpha value is -1.02. The predicted molar refractivity (Wildman–Crippen MR) is 62.6 cm³/mol. The van der Waals surface area contributed by atoms with Crippen molar-refractivity contribution in [2.24, 2.45) is 0 Å². The number of halogens is 1. The highest BCUT2D eigenvalue weighted by molar-refractivity contribution is 6.30. The molecule has 0 atom stereocenters. The van der Waals surface area contributed by atoms with E-state index in [1.165, 1.54) is 5.56 Å². The van der Waals surface area contributed by atoms with Gasteiger partial charge in [0.15, 0.2) is 11.8 Å². The monoisotopic (exact) mass is 223 g/mol. The fourth-order valence-electron chi connectivity index (χ4n) is 1.77. The molecule has 0 aliphatic carbocycles. The van der Waals surface area contributed by atoms with E-state index in [1.54, 1.807) is 6.21 Å². The van der Waals surface area contributed by atoms with Crippen LogP contribution in [0.1, 0.15) is 31.4 Å². The Bertz CT molecular complexity index is 424. The molecule has 1 heterocycles. The maximum Gasteiger partial charge on any atom is 0.182 e. The van der Waals surface area contributed by atoms with E-state index in [-0.39, 0.29) is 5.54 Å². The second-order valence-corrected chi connectivity index (χ2v) is 5.05. The molecule has 2 nitrogen and oxygen atoms in total. The van der Waals surface area contributed by atoms with Crippen molar-refractivity contribution < 1.29 is 4.74 Å². The standard InChI is InChI=1S/C12H14ClNO/c1-12(2)6-5-9-3-4-11(13)7-10(9)8-14(12)15/h3-4,7-8H,5-6H2,1-2H3. The molecule has 1 aromatic carbocycles. The van der Waals surface area contributed by atoms with Crippen LogP contribution in [0.3, 0.4) is 0 Å². The summed E-state index contributed by atoms with van der Waals surface area (Å²) in [5.74, 6) is 0. The third-order valence-electron chi connectivity index (χ3n) is 2.97. The number of hydroxylamine groups is 1. The Morgan fingerprint density at radius 3 is 2.87 bits per heavy atom. The number of aryl methyl sites for hydroxylation is 1. The van der Waals surface area contributed by atoms with Crippen LogP contribution in [0.5, 0.6) is 0 Å². The first-order valence-corrected chi connectivity index (χ1v) is 5.47. The number of hydrogen-bond donors (Lipinski definition) is 0. The largest absolute Gasteiger partial charge is 0.623 e. The van der Waals surface area contributed by atoms with Crippen LogP contribution in [-0.4, -0.2) is 16.5 Å². The van der Waals surface area contributed by atoms with Gasteiger partial charge in [-0.25, -0.2) is 4.74 Å². The van der Waals surface area contributed by atoms with Crippen LogP contribution >= 0.6 is 11.6 Å². The summed E-state index contributed by atoms with van der Waals surface area (Å²) in [5, 5.41) is 12.5. The zero-order valence-electron chi connectivity index (χ0n) is 8.96. The molecule has 3 heteroatoms. The fraction of sp³-hybridized carbons (Fsp3) is 0.417. The fourth-order valence-corrected chi connectivity index (χ4v) is 1.95. The highest BCUT2D eigenvalue weighted by Crippen LogP contribution is 2.24. The van der Waals surface area contributed by atoms with Gasteiger partial charge < -0.3 is 5.21 Å². The Labute approximate surface area is 94.8 Å². The van der Waals surface area contributed by atoms with E-state index in [4.69, 9.17) is 11.6 Å². The molecule has 0 amide bonds. The highest BCUT2D eigenvalue weighted by Gasteiger charge is 2.29. The second-order valence-electron chi connectivity index (χ2n) is 4.61. The number of fused-ring (bicyclic) bond motifs is 1. The number of rotatable bonds is 0. The lowest BCUT2D eigenvalue weighted by atomic mass is 9.96. The Morgan fingerprint density at radius 2 is 2.13 bits per heavy atom. The molecule has 0 fully saturated rings. The smallest absolute Gasteiger partial charge is 0.182 e. The van der Waals surface area contributed by atoms with Gasteiger partial charge in [0.25, 0.3) is 0 Å². The molecule has 0 N–H and O–H groups in total. The lowest BCUT2D eigenvalue weighted by Gasteiger charge is -2.21. The molecular formula is C12H14ClNO. The van der Waals surface area contributed by atoms with Crippen molar-refractivity contribution >= 4 is 17.8 Å². The molecule has 15 heavy (non-hydrogen) atoms. The SMILES string of the molecule is CC1(C)CCc2ccc(Cl)cc2C=[N+]1[O-]. The van der Waals surface area contributed by atoms with E-state index >= 15 is 0 Å². The van der Waals surface area contributed by atoms with E-state index in [0.29, 0.717) is 5.02 Å².